The maximum Gasteiger partial charge on any atom is 0.491 e. The predicted octanol–water partition coefficient (Wildman–Crippen LogP) is 0.441. The topological polar surface area (TPSA) is 79.2 Å². The smallest absolute Gasteiger partial charge is 0.491 e. The van der Waals surface area contributed by atoms with Crippen LogP contribution in [0.4, 0.5) is 0 Å². The van der Waals surface area contributed by atoms with Crippen LogP contribution < -0.4 is 10.2 Å². The molecule has 0 bridgehead atoms. The molecule has 0 saturated heterocycles. The molecule has 0 atom stereocenters. The number of aliphatic hydroxyl groups is 2. The lowest BCUT2D eigenvalue weighted by Crippen LogP contribution is -2.53. The first kappa shape index (κ1) is 17.0. The summed E-state index contributed by atoms with van der Waals surface area (Å²) in [6.45, 7) is 6.50. The summed E-state index contributed by atoms with van der Waals surface area (Å²) in [5.74, 6) is 0.480. The van der Waals surface area contributed by atoms with Crippen molar-refractivity contribution in [2.75, 3.05) is 7.11 Å². The van der Waals surface area contributed by atoms with Gasteiger partial charge in [0.05, 0.1) is 24.9 Å². The van der Waals surface area contributed by atoms with E-state index in [4.69, 9.17) is 14.5 Å². The molecule has 0 aliphatic carbocycles. The van der Waals surface area contributed by atoms with Crippen molar-refractivity contribution in [1.29, 1.82) is 0 Å². The minimum absolute atomic E-state index is 0.143. The molecule has 0 aromatic heterocycles. The summed E-state index contributed by atoms with van der Waals surface area (Å²) in [7, 11) is 0.296. The fraction of sp³-hybridized carbons (Fsp3) is 0.571. The molecule has 5 nitrogen and oxygen atoms in total. The first-order valence-corrected chi connectivity index (χ1v) is 6.48. The van der Waals surface area contributed by atoms with Crippen LogP contribution in [-0.4, -0.2) is 40.7 Å². The molecular weight excluding hydrogens is 259 g/mol. The summed E-state index contributed by atoms with van der Waals surface area (Å²) in [4.78, 5) is 0. The Morgan fingerprint density at radius 3 is 2.25 bits per heavy atom. The average Bonchev–Trinajstić information content (AvgIpc) is 2.35. The van der Waals surface area contributed by atoms with E-state index in [1.807, 2.05) is 0 Å². The van der Waals surface area contributed by atoms with Gasteiger partial charge in [0, 0.05) is 5.56 Å². The highest BCUT2D eigenvalue weighted by Gasteiger charge is 2.39. The van der Waals surface area contributed by atoms with Crippen LogP contribution >= 0.6 is 0 Å². The molecule has 112 valence electrons. The Morgan fingerprint density at radius 2 is 1.80 bits per heavy atom. The van der Waals surface area contributed by atoms with Gasteiger partial charge in [-0.15, -0.1) is 0 Å². The Morgan fingerprint density at radius 1 is 1.20 bits per heavy atom. The second-order valence-electron chi connectivity index (χ2n) is 5.77. The zero-order chi connectivity index (χ0) is 15.6. The van der Waals surface area contributed by atoms with Crippen molar-refractivity contribution >= 4 is 12.6 Å². The number of ether oxygens (including phenoxy) is 1. The molecule has 0 amide bonds. The van der Waals surface area contributed by atoms with Gasteiger partial charge in [-0.1, -0.05) is 12.1 Å². The third-order valence-corrected chi connectivity index (χ3v) is 3.65. The average molecular weight is 282 g/mol. The fourth-order valence-electron chi connectivity index (χ4n) is 1.54. The Kier molecular flexibility index (Phi) is 5.21. The van der Waals surface area contributed by atoms with Crippen molar-refractivity contribution in [1.82, 2.24) is 0 Å². The van der Waals surface area contributed by atoms with Crippen LogP contribution in [0.3, 0.4) is 0 Å². The minimum Gasteiger partial charge on any atom is -0.496 e. The summed E-state index contributed by atoms with van der Waals surface area (Å²) < 4.78 is 10.7. The molecule has 0 unspecified atom stereocenters. The van der Waals surface area contributed by atoms with E-state index in [1.165, 1.54) is 7.11 Å². The Balaban J connectivity index is 2.96. The fourth-order valence-corrected chi connectivity index (χ4v) is 1.54. The molecule has 0 saturated carbocycles. The summed E-state index contributed by atoms with van der Waals surface area (Å²) in [5, 5.41) is 29.3. The summed E-state index contributed by atoms with van der Waals surface area (Å²) in [6, 6.07) is 4.92. The largest absolute Gasteiger partial charge is 0.496 e. The Labute approximate surface area is 120 Å². The molecule has 0 aliphatic rings. The van der Waals surface area contributed by atoms with Gasteiger partial charge in [-0.3, -0.25) is 0 Å². The SMILES string of the molecule is COc1cc(B(O)OC(C)(C)C(C)(C)O)ccc1CO. The summed E-state index contributed by atoms with van der Waals surface area (Å²) in [6.07, 6.45) is 0. The number of hydrogen-bond acceptors (Lipinski definition) is 5. The highest BCUT2D eigenvalue weighted by molar-refractivity contribution is 6.60. The normalized spacial score (nSPS) is 12.4. The van der Waals surface area contributed by atoms with Crippen molar-refractivity contribution < 1.29 is 24.6 Å². The lowest BCUT2D eigenvalue weighted by Gasteiger charge is -2.38. The van der Waals surface area contributed by atoms with Gasteiger partial charge in [0.15, 0.2) is 0 Å². The van der Waals surface area contributed by atoms with Crippen LogP contribution in [0.5, 0.6) is 5.75 Å². The number of aliphatic hydroxyl groups excluding tert-OH is 1. The van der Waals surface area contributed by atoms with Gasteiger partial charge in [0.1, 0.15) is 5.75 Å². The van der Waals surface area contributed by atoms with Crippen molar-refractivity contribution in [3.8, 4) is 5.75 Å². The highest BCUT2D eigenvalue weighted by Crippen LogP contribution is 2.25. The van der Waals surface area contributed by atoms with Gasteiger partial charge >= 0.3 is 7.12 Å². The zero-order valence-electron chi connectivity index (χ0n) is 12.7. The van der Waals surface area contributed by atoms with E-state index in [1.54, 1.807) is 45.9 Å². The molecule has 1 aromatic carbocycles. The van der Waals surface area contributed by atoms with Gasteiger partial charge in [-0.05, 0) is 39.2 Å². The molecule has 6 heteroatoms. The van der Waals surface area contributed by atoms with E-state index in [2.05, 4.69) is 0 Å². The molecule has 1 rings (SSSR count). The second-order valence-corrected chi connectivity index (χ2v) is 5.77. The van der Waals surface area contributed by atoms with Gasteiger partial charge < -0.3 is 24.6 Å². The minimum atomic E-state index is -1.20. The first-order valence-electron chi connectivity index (χ1n) is 6.48. The Bertz CT molecular complexity index is 453. The van der Waals surface area contributed by atoms with E-state index in [-0.39, 0.29) is 6.61 Å². The van der Waals surface area contributed by atoms with Crippen LogP contribution in [0.2, 0.25) is 0 Å². The van der Waals surface area contributed by atoms with E-state index < -0.39 is 18.3 Å². The van der Waals surface area contributed by atoms with E-state index in [0.717, 1.165) is 0 Å². The summed E-state index contributed by atoms with van der Waals surface area (Å²) >= 11 is 0. The van der Waals surface area contributed by atoms with Crippen LogP contribution in [-0.2, 0) is 11.3 Å². The van der Waals surface area contributed by atoms with E-state index in [0.29, 0.717) is 16.8 Å². The maximum atomic E-state index is 10.2. The van der Waals surface area contributed by atoms with Crippen molar-refractivity contribution in [2.45, 2.75) is 45.5 Å². The standard InChI is InChI=1S/C14H23BO5/c1-13(2,17)14(3,4)20-15(18)11-7-6-10(9-16)12(8-11)19-5/h6-8,16-18H,9H2,1-5H3. The van der Waals surface area contributed by atoms with Gasteiger partial charge in [0.2, 0.25) is 0 Å². The van der Waals surface area contributed by atoms with Crippen LogP contribution in [0.25, 0.3) is 0 Å². The van der Waals surface area contributed by atoms with Crippen molar-refractivity contribution in [3.05, 3.63) is 23.8 Å². The molecule has 0 spiro atoms. The van der Waals surface area contributed by atoms with Crippen LogP contribution in [0.15, 0.2) is 18.2 Å². The molecule has 20 heavy (non-hydrogen) atoms. The second kappa shape index (κ2) is 6.14. The zero-order valence-corrected chi connectivity index (χ0v) is 12.7. The monoisotopic (exact) mass is 282 g/mol. The Hall–Kier alpha value is -1.08. The maximum absolute atomic E-state index is 10.2. The highest BCUT2D eigenvalue weighted by atomic mass is 16.5. The third kappa shape index (κ3) is 3.73. The number of benzene rings is 1. The van der Waals surface area contributed by atoms with Crippen molar-refractivity contribution in [3.63, 3.8) is 0 Å². The molecule has 3 N–H and O–H groups in total. The van der Waals surface area contributed by atoms with E-state index in [9.17, 15) is 10.1 Å². The third-order valence-electron chi connectivity index (χ3n) is 3.65. The quantitative estimate of drug-likeness (QED) is 0.660. The molecule has 0 radical (unpaired) electrons. The van der Waals surface area contributed by atoms with Crippen LogP contribution in [0.1, 0.15) is 33.3 Å². The lowest BCUT2D eigenvalue weighted by molar-refractivity contribution is -0.0982. The first-order chi connectivity index (χ1) is 9.12. The number of methoxy groups -OCH3 is 1. The molecular formula is C14H23BO5. The summed E-state index contributed by atoms with van der Waals surface area (Å²) in [5.41, 5.74) is -0.917. The number of rotatable bonds is 6. The van der Waals surface area contributed by atoms with Crippen LogP contribution in [0, 0.1) is 0 Å². The van der Waals surface area contributed by atoms with Crippen molar-refractivity contribution in [2.24, 2.45) is 0 Å². The van der Waals surface area contributed by atoms with Gasteiger partial charge in [0.25, 0.3) is 0 Å². The van der Waals surface area contributed by atoms with Gasteiger partial charge in [-0.2, -0.15) is 0 Å². The van der Waals surface area contributed by atoms with Gasteiger partial charge in [-0.25, -0.2) is 0 Å². The lowest BCUT2D eigenvalue weighted by atomic mass is 9.76. The molecule has 0 heterocycles. The molecule has 0 fully saturated rings. The molecule has 0 aliphatic heterocycles. The molecule has 1 aromatic rings. The predicted molar refractivity (Wildman–Crippen MR) is 78.0 cm³/mol. The number of hydrogen-bond donors (Lipinski definition) is 3. The van der Waals surface area contributed by atoms with E-state index >= 15 is 0 Å².